The fourth-order valence-electron chi connectivity index (χ4n) is 3.05. The molecule has 0 saturated carbocycles. The first kappa shape index (κ1) is 14.5. The highest BCUT2D eigenvalue weighted by molar-refractivity contribution is 5.14. The molecule has 1 fully saturated rings. The maximum atomic E-state index is 6.16. The number of nitrogens with one attached hydrogen (secondary N) is 1. The van der Waals surface area contributed by atoms with Crippen molar-refractivity contribution in [3.63, 3.8) is 0 Å². The van der Waals surface area contributed by atoms with Crippen LogP contribution in [-0.4, -0.2) is 42.2 Å². The molecule has 1 aliphatic heterocycles. The monoisotopic (exact) mass is 267 g/mol. The Bertz CT molecular complexity index is 380. The number of nitrogens with zero attached hydrogens (tertiary/aromatic N) is 2. The molecule has 1 aromatic heterocycles. The average Bonchev–Trinajstić information content (AvgIpc) is 2.89. The van der Waals surface area contributed by atoms with Gasteiger partial charge in [0.2, 0.25) is 0 Å². The van der Waals surface area contributed by atoms with Gasteiger partial charge in [-0.1, -0.05) is 0 Å². The Kier molecular flexibility index (Phi) is 4.96. The van der Waals surface area contributed by atoms with E-state index in [1.165, 1.54) is 5.69 Å². The summed E-state index contributed by atoms with van der Waals surface area (Å²) in [6.07, 6.45) is 3.70. The highest BCUT2D eigenvalue weighted by Gasteiger charge is 2.42. The fourth-order valence-corrected chi connectivity index (χ4v) is 3.05. The van der Waals surface area contributed by atoms with E-state index in [1.807, 2.05) is 17.9 Å². The van der Waals surface area contributed by atoms with Gasteiger partial charge in [0.25, 0.3) is 0 Å². The molecule has 0 spiro atoms. The van der Waals surface area contributed by atoms with Gasteiger partial charge in [0.1, 0.15) is 0 Å². The third kappa shape index (κ3) is 2.83. The van der Waals surface area contributed by atoms with Gasteiger partial charge in [0.15, 0.2) is 0 Å². The number of aryl methyl sites for hydroxylation is 1. The topological polar surface area (TPSA) is 48.3 Å². The van der Waals surface area contributed by atoms with Gasteiger partial charge in [-0.3, -0.25) is 4.68 Å². The van der Waals surface area contributed by atoms with E-state index in [-0.39, 0.29) is 11.6 Å². The van der Waals surface area contributed by atoms with Crippen LogP contribution >= 0.6 is 0 Å². The Balaban J connectivity index is 2.31. The average molecular weight is 267 g/mol. The zero-order chi connectivity index (χ0) is 13.7. The van der Waals surface area contributed by atoms with Crippen LogP contribution in [0.3, 0.4) is 0 Å². The largest absolute Gasteiger partial charge is 0.381 e. The molecule has 1 N–H and O–H groups in total. The summed E-state index contributed by atoms with van der Waals surface area (Å²) in [7, 11) is 1.99. The van der Waals surface area contributed by atoms with Gasteiger partial charge in [-0.05, 0) is 27.0 Å². The molecule has 0 bridgehead atoms. The summed E-state index contributed by atoms with van der Waals surface area (Å²) in [6, 6.07) is 2.24. The van der Waals surface area contributed by atoms with Crippen LogP contribution in [0.25, 0.3) is 0 Å². The van der Waals surface area contributed by atoms with E-state index in [0.29, 0.717) is 0 Å². The molecule has 1 aromatic rings. The highest BCUT2D eigenvalue weighted by Crippen LogP contribution is 2.37. The molecule has 1 saturated heterocycles. The van der Waals surface area contributed by atoms with Crippen molar-refractivity contribution in [3.8, 4) is 0 Å². The second-order valence-corrected chi connectivity index (χ2v) is 4.90. The highest BCUT2D eigenvalue weighted by atomic mass is 16.5. The molecule has 1 atom stereocenters. The molecule has 0 radical (unpaired) electrons. The lowest BCUT2D eigenvalue weighted by Crippen LogP contribution is -2.49. The lowest BCUT2D eigenvalue weighted by atomic mass is 9.84. The summed E-state index contributed by atoms with van der Waals surface area (Å²) in [5, 5.41) is 7.81. The van der Waals surface area contributed by atoms with Crippen LogP contribution in [0.2, 0.25) is 0 Å². The molecular formula is C14H25N3O2. The van der Waals surface area contributed by atoms with Crippen LogP contribution in [0.1, 0.15) is 38.4 Å². The van der Waals surface area contributed by atoms with Crippen LogP contribution in [0.5, 0.6) is 0 Å². The number of aromatic nitrogens is 2. The van der Waals surface area contributed by atoms with E-state index >= 15 is 0 Å². The summed E-state index contributed by atoms with van der Waals surface area (Å²) in [4.78, 5) is 0. The Morgan fingerprint density at radius 2 is 2.21 bits per heavy atom. The second-order valence-electron chi connectivity index (χ2n) is 4.90. The van der Waals surface area contributed by atoms with Crippen LogP contribution in [0.15, 0.2) is 12.3 Å². The molecule has 2 heterocycles. The zero-order valence-corrected chi connectivity index (χ0v) is 12.2. The van der Waals surface area contributed by atoms with Crippen LogP contribution in [0, 0.1) is 0 Å². The quantitative estimate of drug-likeness (QED) is 0.853. The molecule has 1 aliphatic rings. The van der Waals surface area contributed by atoms with E-state index < -0.39 is 0 Å². The fraction of sp³-hybridized carbons (Fsp3) is 0.786. The molecule has 19 heavy (non-hydrogen) atoms. The Labute approximate surface area is 115 Å². The Hall–Kier alpha value is -0.910. The molecule has 1 unspecified atom stereocenters. The third-order valence-corrected chi connectivity index (χ3v) is 3.93. The van der Waals surface area contributed by atoms with Crippen molar-refractivity contribution in [3.05, 3.63) is 18.0 Å². The minimum atomic E-state index is -0.186. The molecular weight excluding hydrogens is 242 g/mol. The first-order chi connectivity index (χ1) is 9.27. The number of likely N-dealkylation sites (N-methyl/N-ethyl adjacent to an activating group) is 1. The van der Waals surface area contributed by atoms with Gasteiger partial charge < -0.3 is 14.8 Å². The van der Waals surface area contributed by atoms with Gasteiger partial charge >= 0.3 is 0 Å². The lowest BCUT2D eigenvalue weighted by molar-refractivity contribution is -0.128. The smallest absolute Gasteiger partial charge is 0.0935 e. The van der Waals surface area contributed by atoms with Crippen LogP contribution in [-0.2, 0) is 16.0 Å². The summed E-state index contributed by atoms with van der Waals surface area (Å²) < 4.78 is 13.7. The molecule has 108 valence electrons. The summed E-state index contributed by atoms with van der Waals surface area (Å²) >= 11 is 0. The van der Waals surface area contributed by atoms with Gasteiger partial charge in [-0.2, -0.15) is 5.10 Å². The maximum Gasteiger partial charge on any atom is 0.0935 e. The summed E-state index contributed by atoms with van der Waals surface area (Å²) in [6.45, 7) is 7.29. The van der Waals surface area contributed by atoms with E-state index in [0.717, 1.165) is 39.2 Å². The second kappa shape index (κ2) is 6.50. The number of hydrogen-bond donors (Lipinski definition) is 1. The lowest BCUT2D eigenvalue weighted by Gasteiger charge is -2.43. The normalized spacial score (nSPS) is 20.4. The van der Waals surface area contributed by atoms with Crippen molar-refractivity contribution in [1.82, 2.24) is 15.1 Å². The number of hydrogen-bond acceptors (Lipinski definition) is 4. The predicted octanol–water partition coefficient (Wildman–Crippen LogP) is 1.75. The number of rotatable bonds is 6. The molecule has 0 aromatic carbocycles. The van der Waals surface area contributed by atoms with Gasteiger partial charge in [-0.25, -0.2) is 0 Å². The van der Waals surface area contributed by atoms with Gasteiger partial charge in [-0.15, -0.1) is 0 Å². The predicted molar refractivity (Wildman–Crippen MR) is 74.1 cm³/mol. The first-order valence-corrected chi connectivity index (χ1v) is 7.18. The van der Waals surface area contributed by atoms with Gasteiger partial charge in [0, 0.05) is 45.4 Å². The first-order valence-electron chi connectivity index (χ1n) is 7.18. The van der Waals surface area contributed by atoms with Crippen LogP contribution < -0.4 is 5.32 Å². The summed E-state index contributed by atoms with van der Waals surface area (Å²) in [5.41, 5.74) is 1.01. The van der Waals surface area contributed by atoms with E-state index in [9.17, 15) is 0 Å². The molecule has 0 aliphatic carbocycles. The Morgan fingerprint density at radius 3 is 2.79 bits per heavy atom. The van der Waals surface area contributed by atoms with E-state index in [1.54, 1.807) is 0 Å². The van der Waals surface area contributed by atoms with E-state index in [4.69, 9.17) is 9.47 Å². The zero-order valence-electron chi connectivity index (χ0n) is 12.2. The minimum Gasteiger partial charge on any atom is -0.381 e. The van der Waals surface area contributed by atoms with Crippen molar-refractivity contribution < 1.29 is 9.47 Å². The molecule has 5 nitrogen and oxygen atoms in total. The standard InChI is InChI=1S/C14H25N3O2/c1-4-17-12(6-9-16-17)13(15-3)14(19-5-2)7-10-18-11-8-14/h6,9,13,15H,4-5,7-8,10-11H2,1-3H3. The molecule has 0 amide bonds. The summed E-state index contributed by atoms with van der Waals surface area (Å²) in [5.74, 6) is 0. The van der Waals surface area contributed by atoms with Crippen molar-refractivity contribution in [2.24, 2.45) is 0 Å². The maximum absolute atomic E-state index is 6.16. The van der Waals surface area contributed by atoms with Crippen molar-refractivity contribution in [1.29, 1.82) is 0 Å². The molecule has 5 heteroatoms. The van der Waals surface area contributed by atoms with E-state index in [2.05, 4.69) is 30.3 Å². The SMILES string of the molecule is CCOC1(C(NC)c2ccnn2CC)CCOCC1. The Morgan fingerprint density at radius 1 is 1.47 bits per heavy atom. The third-order valence-electron chi connectivity index (χ3n) is 3.93. The van der Waals surface area contributed by atoms with Gasteiger partial charge in [0.05, 0.1) is 17.3 Å². The van der Waals surface area contributed by atoms with Crippen molar-refractivity contribution >= 4 is 0 Å². The molecule has 2 rings (SSSR count). The van der Waals surface area contributed by atoms with Crippen LogP contribution in [0.4, 0.5) is 0 Å². The van der Waals surface area contributed by atoms with Crippen molar-refractivity contribution in [2.75, 3.05) is 26.9 Å². The minimum absolute atomic E-state index is 0.152. The van der Waals surface area contributed by atoms with Crippen molar-refractivity contribution in [2.45, 2.75) is 44.9 Å². The number of ether oxygens (including phenoxy) is 2.